The molecule has 0 saturated heterocycles. The molecule has 0 saturated carbocycles. The molecule has 2 aromatic carbocycles. The first-order valence-corrected chi connectivity index (χ1v) is 7.19. The number of nitrogens with zero attached hydrogens (tertiary/aromatic N) is 1. The maximum atomic E-state index is 10.7. The van der Waals surface area contributed by atoms with Gasteiger partial charge in [-0.1, -0.05) is 42.0 Å². The van der Waals surface area contributed by atoms with Crippen LogP contribution in [0.25, 0.3) is 0 Å². The molecule has 0 spiro atoms. The summed E-state index contributed by atoms with van der Waals surface area (Å²) < 4.78 is 0. The maximum absolute atomic E-state index is 10.7. The first-order valence-electron chi connectivity index (χ1n) is 7.19. The largest absolute Gasteiger partial charge is 0.481 e. The van der Waals surface area contributed by atoms with Crippen LogP contribution in [0.1, 0.15) is 23.6 Å². The van der Waals surface area contributed by atoms with Gasteiger partial charge in [-0.05, 0) is 37.1 Å². The van der Waals surface area contributed by atoms with Crippen LogP contribution in [0.15, 0.2) is 48.5 Å². The lowest BCUT2D eigenvalue weighted by atomic mass is 10.1. The normalized spacial score (nSPS) is 10.4. The van der Waals surface area contributed by atoms with Crippen molar-refractivity contribution in [2.45, 2.75) is 26.8 Å². The SMILES string of the molecule is CCN(Cc1ccc(CC(=O)O)cc1)c1ccc(C)cc1. The van der Waals surface area contributed by atoms with Crippen LogP contribution in [-0.4, -0.2) is 17.6 Å². The Morgan fingerprint density at radius 2 is 1.57 bits per heavy atom. The molecule has 3 heteroatoms. The van der Waals surface area contributed by atoms with E-state index in [1.54, 1.807) is 0 Å². The molecule has 0 heterocycles. The summed E-state index contributed by atoms with van der Waals surface area (Å²) in [7, 11) is 0. The molecule has 0 bridgehead atoms. The second-order valence-corrected chi connectivity index (χ2v) is 5.24. The zero-order chi connectivity index (χ0) is 15.2. The molecule has 21 heavy (non-hydrogen) atoms. The lowest BCUT2D eigenvalue weighted by molar-refractivity contribution is -0.136. The van der Waals surface area contributed by atoms with Crippen molar-refractivity contribution in [1.29, 1.82) is 0 Å². The van der Waals surface area contributed by atoms with Crippen molar-refractivity contribution in [3.63, 3.8) is 0 Å². The highest BCUT2D eigenvalue weighted by Crippen LogP contribution is 2.18. The number of hydrogen-bond acceptors (Lipinski definition) is 2. The van der Waals surface area contributed by atoms with E-state index in [0.717, 1.165) is 18.7 Å². The second kappa shape index (κ2) is 6.93. The number of carboxylic acids is 1. The highest BCUT2D eigenvalue weighted by atomic mass is 16.4. The Kier molecular flexibility index (Phi) is 4.99. The Balaban J connectivity index is 2.07. The predicted octanol–water partition coefficient (Wildman–Crippen LogP) is 3.65. The van der Waals surface area contributed by atoms with Gasteiger partial charge in [-0.3, -0.25) is 4.79 Å². The van der Waals surface area contributed by atoms with Crippen molar-refractivity contribution in [3.05, 3.63) is 65.2 Å². The fraction of sp³-hybridized carbons (Fsp3) is 0.278. The summed E-state index contributed by atoms with van der Waals surface area (Å²) >= 11 is 0. The molecule has 0 aliphatic rings. The van der Waals surface area contributed by atoms with E-state index in [2.05, 4.69) is 43.0 Å². The summed E-state index contributed by atoms with van der Waals surface area (Å²) in [5.41, 5.74) is 4.49. The number of carbonyl (C=O) groups is 1. The van der Waals surface area contributed by atoms with Gasteiger partial charge in [-0.25, -0.2) is 0 Å². The van der Waals surface area contributed by atoms with Gasteiger partial charge in [0.2, 0.25) is 0 Å². The van der Waals surface area contributed by atoms with Crippen LogP contribution >= 0.6 is 0 Å². The third kappa shape index (κ3) is 4.35. The first kappa shape index (κ1) is 15.1. The quantitative estimate of drug-likeness (QED) is 0.879. The van der Waals surface area contributed by atoms with Gasteiger partial charge in [-0.2, -0.15) is 0 Å². The average Bonchev–Trinajstić information content (AvgIpc) is 2.47. The third-order valence-corrected chi connectivity index (χ3v) is 3.53. The van der Waals surface area contributed by atoms with Crippen LogP contribution in [-0.2, 0) is 17.8 Å². The molecule has 1 N–H and O–H groups in total. The average molecular weight is 283 g/mol. The van der Waals surface area contributed by atoms with E-state index in [1.807, 2.05) is 24.3 Å². The van der Waals surface area contributed by atoms with E-state index in [4.69, 9.17) is 5.11 Å². The van der Waals surface area contributed by atoms with E-state index < -0.39 is 5.97 Å². The Morgan fingerprint density at radius 1 is 1.00 bits per heavy atom. The van der Waals surface area contributed by atoms with Crippen LogP contribution < -0.4 is 4.90 Å². The Bertz CT molecular complexity index is 588. The van der Waals surface area contributed by atoms with E-state index in [-0.39, 0.29) is 6.42 Å². The zero-order valence-electron chi connectivity index (χ0n) is 12.5. The molecule has 0 atom stereocenters. The smallest absolute Gasteiger partial charge is 0.307 e. The zero-order valence-corrected chi connectivity index (χ0v) is 12.5. The van der Waals surface area contributed by atoms with Crippen LogP contribution in [0.3, 0.4) is 0 Å². The molecule has 0 amide bonds. The molecule has 0 aromatic heterocycles. The molecule has 3 nitrogen and oxygen atoms in total. The van der Waals surface area contributed by atoms with Crippen molar-refractivity contribution in [3.8, 4) is 0 Å². The first-order chi connectivity index (χ1) is 10.1. The molecule has 2 rings (SSSR count). The summed E-state index contributed by atoms with van der Waals surface area (Å²) in [4.78, 5) is 13.0. The topological polar surface area (TPSA) is 40.5 Å². The lowest BCUT2D eigenvalue weighted by Crippen LogP contribution is -2.21. The van der Waals surface area contributed by atoms with Crippen LogP contribution in [0.5, 0.6) is 0 Å². The number of benzene rings is 2. The molecule has 0 fully saturated rings. The number of aliphatic carboxylic acids is 1. The summed E-state index contributed by atoms with van der Waals surface area (Å²) in [5.74, 6) is -0.794. The molecule has 0 unspecified atom stereocenters. The summed E-state index contributed by atoms with van der Waals surface area (Å²) in [6.07, 6.45) is 0.0791. The molecular weight excluding hydrogens is 262 g/mol. The van der Waals surface area contributed by atoms with E-state index in [0.29, 0.717) is 0 Å². The van der Waals surface area contributed by atoms with E-state index in [1.165, 1.54) is 16.8 Å². The van der Waals surface area contributed by atoms with Gasteiger partial charge in [0.25, 0.3) is 0 Å². The number of anilines is 1. The van der Waals surface area contributed by atoms with E-state index >= 15 is 0 Å². The highest BCUT2D eigenvalue weighted by molar-refractivity contribution is 5.70. The van der Waals surface area contributed by atoms with Crippen molar-refractivity contribution in [2.24, 2.45) is 0 Å². The van der Waals surface area contributed by atoms with Gasteiger partial charge in [0.15, 0.2) is 0 Å². The second-order valence-electron chi connectivity index (χ2n) is 5.24. The molecule has 0 aliphatic heterocycles. The summed E-state index contributed by atoms with van der Waals surface area (Å²) in [6.45, 7) is 5.98. The van der Waals surface area contributed by atoms with Gasteiger partial charge in [0, 0.05) is 18.8 Å². The van der Waals surface area contributed by atoms with Crippen LogP contribution in [0.4, 0.5) is 5.69 Å². The minimum atomic E-state index is -0.794. The number of hydrogen-bond donors (Lipinski definition) is 1. The molecule has 2 aromatic rings. The molecule has 0 radical (unpaired) electrons. The van der Waals surface area contributed by atoms with Crippen molar-refractivity contribution >= 4 is 11.7 Å². The minimum Gasteiger partial charge on any atom is -0.481 e. The molecule has 110 valence electrons. The van der Waals surface area contributed by atoms with Gasteiger partial charge in [-0.15, -0.1) is 0 Å². The van der Waals surface area contributed by atoms with E-state index in [9.17, 15) is 4.79 Å². The van der Waals surface area contributed by atoms with Crippen LogP contribution in [0, 0.1) is 6.92 Å². The van der Waals surface area contributed by atoms with Crippen molar-refractivity contribution in [1.82, 2.24) is 0 Å². The standard InChI is InChI=1S/C18H21NO2/c1-3-19(17-10-4-14(2)5-11-17)13-16-8-6-15(7-9-16)12-18(20)21/h4-11H,3,12-13H2,1-2H3,(H,20,21). The lowest BCUT2D eigenvalue weighted by Gasteiger charge is -2.23. The monoisotopic (exact) mass is 283 g/mol. The minimum absolute atomic E-state index is 0.0791. The Morgan fingerprint density at radius 3 is 2.10 bits per heavy atom. The number of carboxylic acid groups (broad SMARTS) is 1. The maximum Gasteiger partial charge on any atom is 0.307 e. The molecular formula is C18H21NO2. The number of aryl methyl sites for hydroxylation is 1. The van der Waals surface area contributed by atoms with Gasteiger partial charge < -0.3 is 10.0 Å². The summed E-state index contributed by atoms with van der Waals surface area (Å²) in [6, 6.07) is 16.3. The molecule has 0 aliphatic carbocycles. The Hall–Kier alpha value is -2.29. The van der Waals surface area contributed by atoms with Crippen molar-refractivity contribution in [2.75, 3.05) is 11.4 Å². The fourth-order valence-electron chi connectivity index (χ4n) is 2.30. The Labute approximate surface area is 125 Å². The van der Waals surface area contributed by atoms with Crippen molar-refractivity contribution < 1.29 is 9.90 Å². The van der Waals surface area contributed by atoms with Gasteiger partial charge >= 0.3 is 5.97 Å². The van der Waals surface area contributed by atoms with Gasteiger partial charge in [0.05, 0.1) is 6.42 Å². The van der Waals surface area contributed by atoms with Gasteiger partial charge in [0.1, 0.15) is 0 Å². The highest BCUT2D eigenvalue weighted by Gasteiger charge is 2.06. The van der Waals surface area contributed by atoms with Crippen LogP contribution in [0.2, 0.25) is 0 Å². The fourth-order valence-corrected chi connectivity index (χ4v) is 2.30. The number of rotatable bonds is 6. The predicted molar refractivity (Wildman–Crippen MR) is 85.7 cm³/mol. The third-order valence-electron chi connectivity index (χ3n) is 3.53. The summed E-state index contributed by atoms with van der Waals surface area (Å²) in [5, 5.41) is 8.78.